The van der Waals surface area contributed by atoms with E-state index in [1.165, 1.54) is 18.2 Å². The lowest BCUT2D eigenvalue weighted by molar-refractivity contribution is -0.111. The molecule has 0 spiro atoms. The van der Waals surface area contributed by atoms with E-state index in [1.54, 1.807) is 0 Å². The summed E-state index contributed by atoms with van der Waals surface area (Å²) in [7, 11) is 0. The van der Waals surface area contributed by atoms with E-state index in [9.17, 15) is 4.79 Å². The monoisotopic (exact) mass is 188 g/mol. The lowest BCUT2D eigenvalue weighted by Crippen LogP contribution is -2.21. The van der Waals surface area contributed by atoms with Crippen LogP contribution in [0.15, 0.2) is 0 Å². The molecule has 1 aliphatic rings. The van der Waals surface area contributed by atoms with Gasteiger partial charge in [-0.2, -0.15) is 0 Å². The second kappa shape index (κ2) is 5.63. The van der Waals surface area contributed by atoms with Gasteiger partial charge in [-0.1, -0.05) is 45.9 Å². The molecule has 1 nitrogen and oxygen atoms in total. The van der Waals surface area contributed by atoms with Gasteiger partial charge in [0.25, 0.3) is 0 Å². The largest absolute Gasteiger partial charge is 0.287 e. The maximum Gasteiger partial charge on any atom is 0.188 e. The molecular formula is C10H20OS. The molecule has 72 valence electrons. The van der Waals surface area contributed by atoms with Crippen LogP contribution in [0.2, 0.25) is 0 Å². The fraction of sp³-hybridized carbons (Fsp3) is 0.900. The molecule has 0 aliphatic carbocycles. The van der Waals surface area contributed by atoms with Gasteiger partial charge in [0.1, 0.15) is 0 Å². The van der Waals surface area contributed by atoms with E-state index in [-0.39, 0.29) is 0 Å². The third-order valence-corrected chi connectivity index (χ3v) is 3.08. The second-order valence-corrected chi connectivity index (χ2v) is 5.06. The molecule has 0 amide bonds. The van der Waals surface area contributed by atoms with Gasteiger partial charge < -0.3 is 0 Å². The van der Waals surface area contributed by atoms with Crippen molar-refractivity contribution in [3.05, 3.63) is 0 Å². The molecule has 0 aromatic rings. The topological polar surface area (TPSA) is 17.1 Å². The first-order chi connectivity index (χ1) is 5.52. The third-order valence-electron chi connectivity index (χ3n) is 1.63. The number of carbonyl (C=O) groups excluding carboxylic acids is 1. The van der Waals surface area contributed by atoms with Crippen LogP contribution in [0.4, 0.5) is 0 Å². The van der Waals surface area contributed by atoms with Crippen LogP contribution in [-0.2, 0) is 4.79 Å². The smallest absolute Gasteiger partial charge is 0.188 e. The Bertz CT molecular complexity index is 129. The molecule has 0 saturated carbocycles. The van der Waals surface area contributed by atoms with Crippen molar-refractivity contribution < 1.29 is 4.79 Å². The SMILES string of the molecule is CC1(C)CCC(=O)SC1.CCC. The van der Waals surface area contributed by atoms with Gasteiger partial charge in [0.15, 0.2) is 5.12 Å². The fourth-order valence-corrected chi connectivity index (χ4v) is 1.80. The minimum atomic E-state index is 0.370. The van der Waals surface area contributed by atoms with Crippen molar-refractivity contribution in [1.29, 1.82) is 0 Å². The summed E-state index contributed by atoms with van der Waals surface area (Å²) in [5.41, 5.74) is 0.401. The first-order valence-corrected chi connectivity index (χ1v) is 5.66. The number of carbonyl (C=O) groups is 1. The first-order valence-electron chi connectivity index (χ1n) is 4.67. The van der Waals surface area contributed by atoms with Gasteiger partial charge in [-0.3, -0.25) is 4.79 Å². The zero-order valence-corrected chi connectivity index (χ0v) is 9.46. The highest BCUT2D eigenvalue weighted by atomic mass is 32.2. The van der Waals surface area contributed by atoms with Crippen molar-refractivity contribution in [2.24, 2.45) is 5.41 Å². The molecule has 1 heterocycles. The Balaban J connectivity index is 0.000000354. The molecule has 1 rings (SSSR count). The van der Waals surface area contributed by atoms with Crippen molar-refractivity contribution in [3.63, 3.8) is 0 Å². The molecule has 0 radical (unpaired) electrons. The van der Waals surface area contributed by atoms with Crippen molar-refractivity contribution in [3.8, 4) is 0 Å². The van der Waals surface area contributed by atoms with Crippen LogP contribution in [0.3, 0.4) is 0 Å². The number of hydrogen-bond donors (Lipinski definition) is 0. The van der Waals surface area contributed by atoms with Gasteiger partial charge in [0.2, 0.25) is 0 Å². The maximum absolute atomic E-state index is 10.7. The molecule has 0 unspecified atom stereocenters. The summed E-state index contributed by atoms with van der Waals surface area (Å²) in [6.07, 6.45) is 3.09. The Kier molecular flexibility index (Phi) is 5.64. The predicted molar refractivity (Wildman–Crippen MR) is 56.4 cm³/mol. The summed E-state index contributed by atoms with van der Waals surface area (Å²) >= 11 is 1.49. The van der Waals surface area contributed by atoms with Gasteiger partial charge in [0, 0.05) is 12.2 Å². The average molecular weight is 188 g/mol. The number of rotatable bonds is 0. The lowest BCUT2D eigenvalue weighted by atomic mass is 9.90. The Labute approximate surface area is 80.3 Å². The van der Waals surface area contributed by atoms with Crippen LogP contribution in [0, 0.1) is 5.41 Å². The zero-order chi connectivity index (χ0) is 9.61. The molecule has 2 heteroatoms. The quantitative estimate of drug-likeness (QED) is 0.579. The number of hydrogen-bond acceptors (Lipinski definition) is 2. The fourth-order valence-electron chi connectivity index (χ4n) is 0.861. The molecular weight excluding hydrogens is 168 g/mol. The highest BCUT2D eigenvalue weighted by Gasteiger charge is 2.25. The minimum Gasteiger partial charge on any atom is -0.287 e. The van der Waals surface area contributed by atoms with Crippen LogP contribution >= 0.6 is 11.8 Å². The highest BCUT2D eigenvalue weighted by molar-refractivity contribution is 8.13. The predicted octanol–water partition coefficient (Wildman–Crippen LogP) is 3.48. The van der Waals surface area contributed by atoms with Crippen LogP contribution in [0.5, 0.6) is 0 Å². The molecule has 12 heavy (non-hydrogen) atoms. The van der Waals surface area contributed by atoms with Crippen molar-refractivity contribution in [2.75, 3.05) is 5.75 Å². The summed E-state index contributed by atoms with van der Waals surface area (Å²) in [5, 5.41) is 0.370. The summed E-state index contributed by atoms with van der Waals surface area (Å²) in [6.45, 7) is 8.68. The first kappa shape index (κ1) is 12.0. The Morgan fingerprint density at radius 2 is 1.92 bits per heavy atom. The molecule has 0 aromatic carbocycles. The van der Waals surface area contributed by atoms with Crippen LogP contribution in [0.25, 0.3) is 0 Å². The Morgan fingerprint density at radius 1 is 1.42 bits per heavy atom. The van der Waals surface area contributed by atoms with Crippen LogP contribution in [0.1, 0.15) is 47.0 Å². The van der Waals surface area contributed by atoms with E-state index in [0.717, 1.165) is 18.6 Å². The molecule has 0 N–H and O–H groups in total. The summed E-state index contributed by atoms with van der Waals surface area (Å²) in [4.78, 5) is 10.7. The van der Waals surface area contributed by atoms with Gasteiger partial charge in [-0.25, -0.2) is 0 Å². The normalized spacial score (nSPS) is 21.2. The van der Waals surface area contributed by atoms with E-state index >= 15 is 0 Å². The van der Waals surface area contributed by atoms with Gasteiger partial charge in [-0.15, -0.1) is 0 Å². The van der Waals surface area contributed by atoms with E-state index in [1.807, 2.05) is 0 Å². The van der Waals surface area contributed by atoms with Crippen LogP contribution in [-0.4, -0.2) is 10.9 Å². The third kappa shape index (κ3) is 5.64. The molecule has 1 fully saturated rings. The van der Waals surface area contributed by atoms with Crippen molar-refractivity contribution in [2.45, 2.75) is 47.0 Å². The lowest BCUT2D eigenvalue weighted by Gasteiger charge is -2.27. The summed E-state index contributed by atoms with van der Waals surface area (Å²) < 4.78 is 0. The Morgan fingerprint density at radius 3 is 2.17 bits per heavy atom. The highest BCUT2D eigenvalue weighted by Crippen LogP contribution is 2.33. The minimum absolute atomic E-state index is 0.370. The van der Waals surface area contributed by atoms with E-state index in [4.69, 9.17) is 0 Å². The summed E-state index contributed by atoms with van der Waals surface area (Å²) in [6, 6.07) is 0. The molecule has 0 bridgehead atoms. The van der Waals surface area contributed by atoms with Crippen LogP contribution < -0.4 is 0 Å². The van der Waals surface area contributed by atoms with Gasteiger partial charge >= 0.3 is 0 Å². The number of thioether (sulfide) groups is 1. The molecule has 1 aliphatic heterocycles. The van der Waals surface area contributed by atoms with Crippen molar-refractivity contribution in [1.82, 2.24) is 0 Å². The summed E-state index contributed by atoms with van der Waals surface area (Å²) in [5.74, 6) is 1.01. The molecule has 0 aromatic heterocycles. The van der Waals surface area contributed by atoms with E-state index in [0.29, 0.717) is 10.5 Å². The average Bonchev–Trinajstić information content (AvgIpc) is 1.98. The van der Waals surface area contributed by atoms with Crippen molar-refractivity contribution >= 4 is 16.9 Å². The van der Waals surface area contributed by atoms with Gasteiger partial charge in [-0.05, 0) is 11.8 Å². The van der Waals surface area contributed by atoms with E-state index < -0.39 is 0 Å². The molecule has 0 atom stereocenters. The van der Waals surface area contributed by atoms with Gasteiger partial charge in [0.05, 0.1) is 0 Å². The maximum atomic E-state index is 10.7. The zero-order valence-electron chi connectivity index (χ0n) is 8.64. The standard InChI is InChI=1S/C7H12OS.C3H8/c1-7(2)4-3-6(8)9-5-7;1-3-2/h3-5H2,1-2H3;3H2,1-2H3. The Hall–Kier alpha value is 0.0200. The second-order valence-electron chi connectivity index (χ2n) is 4.03. The molecule has 1 saturated heterocycles. The van der Waals surface area contributed by atoms with E-state index in [2.05, 4.69) is 27.7 Å².